The molecule has 64 valence electrons. The lowest BCUT2D eigenvalue weighted by molar-refractivity contribution is -0.120. The minimum absolute atomic E-state index is 0.438. The maximum absolute atomic E-state index is 10.8. The standard InChI is InChI=1S/C5H12BNO4/c1-3(8)5(7)4(9)2-6(10)11/h3,5,8,10-11H,2,7H2,1H3. The quantitative estimate of drug-likeness (QED) is 0.348. The molecule has 0 aliphatic rings. The van der Waals surface area contributed by atoms with Crippen LogP contribution in [0.15, 0.2) is 0 Å². The molecule has 0 aromatic carbocycles. The first-order valence-corrected chi connectivity index (χ1v) is 3.27. The normalized spacial score (nSPS) is 15.7. The average Bonchev–Trinajstić information content (AvgIpc) is 1.84. The maximum Gasteiger partial charge on any atom is 0.459 e. The van der Waals surface area contributed by atoms with Crippen molar-refractivity contribution < 1.29 is 19.9 Å². The van der Waals surface area contributed by atoms with Gasteiger partial charge in [0.25, 0.3) is 0 Å². The molecule has 0 spiro atoms. The van der Waals surface area contributed by atoms with Gasteiger partial charge in [0.2, 0.25) is 0 Å². The number of carbonyl (C=O) groups is 1. The molecular formula is C5H12BNO4. The van der Waals surface area contributed by atoms with E-state index in [4.69, 9.17) is 20.9 Å². The van der Waals surface area contributed by atoms with E-state index in [0.717, 1.165) is 0 Å². The Balaban J connectivity index is 3.83. The van der Waals surface area contributed by atoms with Crippen LogP contribution in [0.2, 0.25) is 6.32 Å². The van der Waals surface area contributed by atoms with Crippen LogP contribution in [0, 0.1) is 0 Å². The second-order valence-electron chi connectivity index (χ2n) is 2.42. The first kappa shape index (κ1) is 10.6. The highest BCUT2D eigenvalue weighted by molar-refractivity contribution is 6.46. The van der Waals surface area contributed by atoms with Crippen molar-refractivity contribution in [2.24, 2.45) is 5.73 Å². The minimum Gasteiger partial charge on any atom is -0.427 e. The number of nitrogens with two attached hydrogens (primary N) is 1. The molecule has 6 heteroatoms. The van der Waals surface area contributed by atoms with Gasteiger partial charge in [0.1, 0.15) is 5.78 Å². The van der Waals surface area contributed by atoms with Crippen LogP contribution < -0.4 is 5.73 Å². The SMILES string of the molecule is CC(O)C(N)C(=O)CB(O)O. The summed E-state index contributed by atoms with van der Waals surface area (Å²) in [4.78, 5) is 10.8. The van der Waals surface area contributed by atoms with Crippen LogP contribution in [0.4, 0.5) is 0 Å². The second-order valence-corrected chi connectivity index (χ2v) is 2.42. The smallest absolute Gasteiger partial charge is 0.427 e. The molecule has 0 radical (unpaired) electrons. The zero-order valence-corrected chi connectivity index (χ0v) is 6.27. The van der Waals surface area contributed by atoms with Crippen molar-refractivity contribution in [1.29, 1.82) is 0 Å². The molecule has 0 heterocycles. The molecular weight excluding hydrogens is 149 g/mol. The lowest BCUT2D eigenvalue weighted by Gasteiger charge is -2.12. The van der Waals surface area contributed by atoms with Gasteiger partial charge in [0.05, 0.1) is 12.1 Å². The molecule has 0 amide bonds. The predicted octanol–water partition coefficient (Wildman–Crippen LogP) is -2.26. The van der Waals surface area contributed by atoms with Gasteiger partial charge in [-0.05, 0) is 6.92 Å². The third-order valence-electron chi connectivity index (χ3n) is 1.28. The number of aliphatic hydroxyl groups excluding tert-OH is 1. The molecule has 0 aromatic heterocycles. The predicted molar refractivity (Wildman–Crippen MR) is 39.7 cm³/mol. The summed E-state index contributed by atoms with van der Waals surface area (Å²) in [7, 11) is -1.69. The number of aliphatic hydroxyl groups is 1. The molecule has 5 N–H and O–H groups in total. The van der Waals surface area contributed by atoms with Crippen molar-refractivity contribution in [3.63, 3.8) is 0 Å². The van der Waals surface area contributed by atoms with E-state index in [1.807, 2.05) is 0 Å². The van der Waals surface area contributed by atoms with Crippen LogP contribution in [-0.4, -0.2) is 40.2 Å². The third-order valence-corrected chi connectivity index (χ3v) is 1.28. The van der Waals surface area contributed by atoms with Gasteiger partial charge < -0.3 is 20.9 Å². The molecule has 0 saturated heterocycles. The Labute approximate surface area is 65.0 Å². The third kappa shape index (κ3) is 4.10. The lowest BCUT2D eigenvalue weighted by atomic mass is 9.81. The van der Waals surface area contributed by atoms with E-state index in [9.17, 15) is 4.79 Å². The van der Waals surface area contributed by atoms with Gasteiger partial charge in [-0.25, -0.2) is 0 Å². The van der Waals surface area contributed by atoms with Gasteiger partial charge in [0.15, 0.2) is 0 Å². The molecule has 5 nitrogen and oxygen atoms in total. The van der Waals surface area contributed by atoms with Gasteiger partial charge >= 0.3 is 7.12 Å². The van der Waals surface area contributed by atoms with Crippen LogP contribution in [0.3, 0.4) is 0 Å². The monoisotopic (exact) mass is 161 g/mol. The Bertz CT molecular complexity index is 138. The second kappa shape index (κ2) is 4.45. The van der Waals surface area contributed by atoms with Crippen molar-refractivity contribution in [3.8, 4) is 0 Å². The summed E-state index contributed by atoms with van der Waals surface area (Å²) < 4.78 is 0. The lowest BCUT2D eigenvalue weighted by Crippen LogP contribution is -2.41. The van der Waals surface area contributed by atoms with E-state index in [0.29, 0.717) is 0 Å². The molecule has 0 aromatic rings. The highest BCUT2D eigenvalue weighted by Gasteiger charge is 2.22. The van der Waals surface area contributed by atoms with Crippen molar-refractivity contribution in [2.75, 3.05) is 0 Å². The molecule has 2 unspecified atom stereocenters. The number of rotatable bonds is 4. The van der Waals surface area contributed by atoms with Crippen molar-refractivity contribution >= 4 is 12.9 Å². The zero-order chi connectivity index (χ0) is 9.02. The van der Waals surface area contributed by atoms with Crippen LogP contribution in [0.5, 0.6) is 0 Å². The maximum atomic E-state index is 10.8. The number of Topliss-reactive ketones (excluding diaryl/α,β-unsaturated/α-hetero) is 1. The molecule has 0 saturated carbocycles. The largest absolute Gasteiger partial charge is 0.459 e. The average molecular weight is 161 g/mol. The van der Waals surface area contributed by atoms with E-state index >= 15 is 0 Å². The Morgan fingerprint density at radius 3 is 2.36 bits per heavy atom. The van der Waals surface area contributed by atoms with E-state index < -0.39 is 31.4 Å². The zero-order valence-electron chi connectivity index (χ0n) is 6.27. The van der Waals surface area contributed by atoms with E-state index in [-0.39, 0.29) is 0 Å². The van der Waals surface area contributed by atoms with Gasteiger partial charge in [-0.15, -0.1) is 0 Å². The highest BCUT2D eigenvalue weighted by atomic mass is 16.4. The fraction of sp³-hybridized carbons (Fsp3) is 0.800. The summed E-state index contributed by atoms with van der Waals surface area (Å²) in [5, 5.41) is 25.5. The first-order chi connectivity index (χ1) is 4.95. The van der Waals surface area contributed by atoms with Gasteiger partial charge in [-0.1, -0.05) is 0 Å². The van der Waals surface area contributed by atoms with Gasteiger partial charge in [-0.3, -0.25) is 4.79 Å². The molecule has 0 fully saturated rings. The van der Waals surface area contributed by atoms with Crippen LogP contribution in [0.25, 0.3) is 0 Å². The molecule has 0 bridgehead atoms. The van der Waals surface area contributed by atoms with Crippen molar-refractivity contribution in [3.05, 3.63) is 0 Å². The van der Waals surface area contributed by atoms with Crippen LogP contribution >= 0.6 is 0 Å². The van der Waals surface area contributed by atoms with E-state index in [1.54, 1.807) is 0 Å². The summed E-state index contributed by atoms with van der Waals surface area (Å²) in [6.07, 6.45) is -1.40. The van der Waals surface area contributed by atoms with Gasteiger partial charge in [-0.2, -0.15) is 0 Å². The van der Waals surface area contributed by atoms with Gasteiger partial charge in [0, 0.05) is 6.32 Å². The van der Waals surface area contributed by atoms with Crippen LogP contribution in [0.1, 0.15) is 6.92 Å². The van der Waals surface area contributed by atoms with E-state index in [2.05, 4.69) is 0 Å². The van der Waals surface area contributed by atoms with Crippen molar-refractivity contribution in [2.45, 2.75) is 25.4 Å². The Kier molecular flexibility index (Phi) is 4.28. The number of ketones is 1. The van der Waals surface area contributed by atoms with Crippen molar-refractivity contribution in [1.82, 2.24) is 0 Å². The number of carbonyl (C=O) groups excluding carboxylic acids is 1. The topological polar surface area (TPSA) is 104 Å². The minimum atomic E-state index is -1.69. The molecule has 0 aliphatic carbocycles. The molecule has 0 aliphatic heterocycles. The van der Waals surface area contributed by atoms with E-state index in [1.165, 1.54) is 6.92 Å². The number of hydrogen-bond acceptors (Lipinski definition) is 5. The highest BCUT2D eigenvalue weighted by Crippen LogP contribution is 1.96. The molecule has 2 atom stereocenters. The fourth-order valence-corrected chi connectivity index (χ4v) is 0.585. The summed E-state index contributed by atoms with van der Waals surface area (Å²) in [6.45, 7) is 1.37. The fourth-order valence-electron chi connectivity index (χ4n) is 0.585. The Hall–Kier alpha value is -0.425. The summed E-state index contributed by atoms with van der Waals surface area (Å²) >= 11 is 0. The Morgan fingerprint density at radius 1 is 1.64 bits per heavy atom. The summed E-state index contributed by atoms with van der Waals surface area (Å²) in [5.41, 5.74) is 5.19. The summed E-state index contributed by atoms with van der Waals surface area (Å²) in [5.74, 6) is -0.560. The molecule has 11 heavy (non-hydrogen) atoms. The number of hydrogen-bond donors (Lipinski definition) is 4. The Morgan fingerprint density at radius 2 is 2.09 bits per heavy atom. The van der Waals surface area contributed by atoms with Crippen LogP contribution in [-0.2, 0) is 4.79 Å². The molecule has 0 rings (SSSR count). The first-order valence-electron chi connectivity index (χ1n) is 3.27. The summed E-state index contributed by atoms with van der Waals surface area (Å²) in [6, 6.07) is -1.03.